The Hall–Kier alpha value is -2.98. The third kappa shape index (κ3) is 4.16. The van der Waals surface area contributed by atoms with Crippen LogP contribution in [0, 0.1) is 5.92 Å². The second-order valence-electron chi connectivity index (χ2n) is 8.99. The molecule has 0 aliphatic carbocycles. The first kappa shape index (κ1) is 24.2. The van der Waals surface area contributed by atoms with Gasteiger partial charge in [0.1, 0.15) is 18.3 Å². The number of likely N-dealkylation sites (tertiary alicyclic amines) is 1. The molecule has 4 atom stereocenters. The lowest BCUT2D eigenvalue weighted by Crippen LogP contribution is -2.61. The van der Waals surface area contributed by atoms with Crippen molar-refractivity contribution in [2.24, 2.45) is 5.92 Å². The number of quaternary nitrogens is 1. The molecule has 9 nitrogen and oxygen atoms in total. The summed E-state index contributed by atoms with van der Waals surface area (Å²) in [5, 5.41) is 4.81. The Morgan fingerprint density at radius 3 is 2.71 bits per heavy atom. The number of carbonyl (C=O) groups excluding carboxylic acids is 3. The van der Waals surface area contributed by atoms with Gasteiger partial charge in [0.2, 0.25) is 0 Å². The van der Waals surface area contributed by atoms with Crippen molar-refractivity contribution in [2.45, 2.75) is 58.4 Å². The van der Waals surface area contributed by atoms with E-state index < -0.39 is 12.0 Å². The van der Waals surface area contributed by atoms with Gasteiger partial charge in [0, 0.05) is 30.4 Å². The number of aromatic nitrogens is 3. The van der Waals surface area contributed by atoms with Crippen LogP contribution in [0.15, 0.2) is 35.1 Å². The first-order valence-corrected chi connectivity index (χ1v) is 12.3. The van der Waals surface area contributed by atoms with Gasteiger partial charge in [-0.3, -0.25) is 4.79 Å². The number of benzene rings is 1. The van der Waals surface area contributed by atoms with Gasteiger partial charge in [-0.15, -0.1) is 0 Å². The average molecular weight is 486 g/mol. The molecule has 0 spiro atoms. The van der Waals surface area contributed by atoms with Gasteiger partial charge in [0.05, 0.1) is 23.5 Å². The number of aromatic amines is 1. The van der Waals surface area contributed by atoms with E-state index in [1.54, 1.807) is 13.0 Å². The van der Waals surface area contributed by atoms with E-state index in [0.29, 0.717) is 23.3 Å². The Kier molecular flexibility index (Phi) is 6.64. The Morgan fingerprint density at radius 2 is 2.03 bits per heavy atom. The van der Waals surface area contributed by atoms with Crippen molar-refractivity contribution in [3.05, 3.63) is 46.5 Å². The molecule has 34 heavy (non-hydrogen) atoms. The van der Waals surface area contributed by atoms with E-state index in [4.69, 9.17) is 4.74 Å². The van der Waals surface area contributed by atoms with E-state index >= 15 is 0 Å². The summed E-state index contributed by atoms with van der Waals surface area (Å²) in [7, 11) is 0. The van der Waals surface area contributed by atoms with E-state index in [9.17, 15) is 19.2 Å². The fourth-order valence-electron chi connectivity index (χ4n) is 4.78. The smallest absolute Gasteiger partial charge is 0.413 e. The number of imide groups is 1. The molecule has 0 saturated carbocycles. The number of carbonyl (C=O) groups is 3. The van der Waals surface area contributed by atoms with Crippen molar-refractivity contribution in [1.82, 2.24) is 14.6 Å². The number of rotatable bonds is 5. The number of para-hydroxylation sites is 1. The topological polar surface area (TPSA) is 111 Å². The molecular formula is C24H29N4O5S+. The van der Waals surface area contributed by atoms with Gasteiger partial charge in [-0.25, -0.2) is 9.59 Å². The van der Waals surface area contributed by atoms with E-state index in [1.807, 2.05) is 38.1 Å². The summed E-state index contributed by atoms with van der Waals surface area (Å²) in [4.78, 5) is 53.7. The SMILES string of the molecule is CC(=O)SC(C)C(C)C(=O)[N@+]1(C(=O)OCc2cc3c4ccccc4[nH]c(=O)n3n2)CCCC1C. The first-order chi connectivity index (χ1) is 16.1. The lowest BCUT2D eigenvalue weighted by Gasteiger charge is -2.34. The predicted octanol–water partition coefficient (Wildman–Crippen LogP) is 3.64. The number of thioether (sulfide) groups is 1. The highest BCUT2D eigenvalue weighted by Gasteiger charge is 2.56. The van der Waals surface area contributed by atoms with Gasteiger partial charge in [-0.2, -0.15) is 18.9 Å². The summed E-state index contributed by atoms with van der Waals surface area (Å²) in [5.74, 6) is -0.726. The van der Waals surface area contributed by atoms with Crippen molar-refractivity contribution in [3.8, 4) is 0 Å². The molecule has 1 aromatic carbocycles. The van der Waals surface area contributed by atoms with Crippen LogP contribution in [0.2, 0.25) is 0 Å². The monoisotopic (exact) mass is 485 g/mol. The molecule has 3 unspecified atom stereocenters. The molecule has 2 amide bonds. The van der Waals surface area contributed by atoms with Crippen LogP contribution in [-0.4, -0.2) is 54.0 Å². The normalized spacial score (nSPS) is 22.1. The lowest BCUT2D eigenvalue weighted by molar-refractivity contribution is -0.794. The lowest BCUT2D eigenvalue weighted by atomic mass is 10.0. The Bertz CT molecular complexity index is 1330. The minimum atomic E-state index is -0.613. The predicted molar refractivity (Wildman–Crippen MR) is 129 cm³/mol. The number of hydrogen-bond acceptors (Lipinski definition) is 7. The van der Waals surface area contributed by atoms with Crippen LogP contribution in [0.25, 0.3) is 16.4 Å². The molecule has 2 aromatic heterocycles. The van der Waals surface area contributed by atoms with Crippen molar-refractivity contribution in [2.75, 3.05) is 6.54 Å². The van der Waals surface area contributed by atoms with Crippen molar-refractivity contribution >= 4 is 45.3 Å². The molecule has 1 fully saturated rings. The molecule has 0 radical (unpaired) electrons. The molecule has 0 bridgehead atoms. The van der Waals surface area contributed by atoms with Crippen LogP contribution in [-0.2, 0) is 20.9 Å². The Balaban J connectivity index is 1.58. The van der Waals surface area contributed by atoms with Crippen LogP contribution in [0.3, 0.4) is 0 Å². The molecule has 4 rings (SSSR count). The van der Waals surface area contributed by atoms with Crippen molar-refractivity contribution < 1.29 is 23.6 Å². The van der Waals surface area contributed by atoms with Crippen LogP contribution in [0.5, 0.6) is 0 Å². The number of amides is 2. The maximum absolute atomic E-state index is 13.6. The third-order valence-corrected chi connectivity index (χ3v) is 7.90. The number of nitrogens with one attached hydrogen (secondary N) is 1. The van der Waals surface area contributed by atoms with E-state index in [2.05, 4.69) is 10.1 Å². The van der Waals surface area contributed by atoms with Gasteiger partial charge in [-0.1, -0.05) is 36.9 Å². The summed E-state index contributed by atoms with van der Waals surface area (Å²) in [6.07, 6.45) is 0.855. The highest BCUT2D eigenvalue weighted by atomic mass is 32.2. The molecule has 180 valence electrons. The molecule has 3 heterocycles. The standard InChI is InChI=1S/C24H28N4O5S/c1-14-8-7-11-28(14,22(30)15(2)16(3)34-17(4)29)24(32)33-13-18-12-21-19-9-5-6-10-20(19)25-23(31)27(21)26-18/h5-6,9-10,12,14-16H,7-8,11,13H2,1-4H3/p+1/t14?,15?,16?,28-/m0/s1. The molecule has 1 aliphatic heterocycles. The fraction of sp³-hybridized carbons (Fsp3) is 0.458. The molecule has 1 N–H and O–H groups in total. The number of fused-ring (bicyclic) bond motifs is 3. The second kappa shape index (κ2) is 9.34. The van der Waals surface area contributed by atoms with Crippen LogP contribution in [0.1, 0.15) is 46.2 Å². The maximum atomic E-state index is 13.6. The highest BCUT2D eigenvalue weighted by Crippen LogP contribution is 2.34. The number of H-pyrrole nitrogens is 1. The highest BCUT2D eigenvalue weighted by molar-refractivity contribution is 8.14. The van der Waals surface area contributed by atoms with Crippen LogP contribution >= 0.6 is 11.8 Å². The van der Waals surface area contributed by atoms with E-state index in [-0.39, 0.29) is 39.1 Å². The second-order valence-corrected chi connectivity index (χ2v) is 10.5. The third-order valence-electron chi connectivity index (χ3n) is 6.79. The van der Waals surface area contributed by atoms with Gasteiger partial charge < -0.3 is 9.72 Å². The Morgan fingerprint density at radius 1 is 1.29 bits per heavy atom. The molecule has 3 aromatic rings. The minimum Gasteiger partial charge on any atom is -0.413 e. The number of hydrogen-bond donors (Lipinski definition) is 1. The summed E-state index contributed by atoms with van der Waals surface area (Å²) in [6, 6.07) is 8.90. The van der Waals surface area contributed by atoms with Crippen molar-refractivity contribution in [3.63, 3.8) is 0 Å². The summed E-state index contributed by atoms with van der Waals surface area (Å²) in [6.45, 7) is 7.17. The zero-order valence-electron chi connectivity index (χ0n) is 19.7. The Labute approximate surface area is 201 Å². The summed E-state index contributed by atoms with van der Waals surface area (Å²) < 4.78 is 6.51. The quantitative estimate of drug-likeness (QED) is 0.549. The molecule has 10 heteroatoms. The van der Waals surface area contributed by atoms with Crippen LogP contribution in [0.4, 0.5) is 4.79 Å². The van der Waals surface area contributed by atoms with E-state index in [0.717, 1.165) is 30.0 Å². The van der Waals surface area contributed by atoms with Gasteiger partial charge in [0.25, 0.3) is 0 Å². The van der Waals surface area contributed by atoms with Crippen LogP contribution < -0.4 is 5.69 Å². The van der Waals surface area contributed by atoms with Gasteiger partial charge in [0.15, 0.2) is 5.12 Å². The van der Waals surface area contributed by atoms with Gasteiger partial charge >= 0.3 is 17.7 Å². The molecule has 1 aliphatic rings. The summed E-state index contributed by atoms with van der Waals surface area (Å²) in [5.41, 5.74) is 1.34. The summed E-state index contributed by atoms with van der Waals surface area (Å²) >= 11 is 1.11. The van der Waals surface area contributed by atoms with Crippen molar-refractivity contribution in [1.29, 1.82) is 0 Å². The molecular weight excluding hydrogens is 456 g/mol. The zero-order valence-corrected chi connectivity index (χ0v) is 20.6. The van der Waals surface area contributed by atoms with E-state index in [1.165, 1.54) is 11.4 Å². The maximum Gasteiger partial charge on any atom is 0.524 e. The first-order valence-electron chi connectivity index (χ1n) is 11.4. The minimum absolute atomic E-state index is 0.0647. The molecule has 1 saturated heterocycles. The largest absolute Gasteiger partial charge is 0.524 e. The fourth-order valence-corrected chi connectivity index (χ4v) is 5.62. The number of ether oxygens (including phenoxy) is 1. The zero-order chi connectivity index (χ0) is 24.6. The van der Waals surface area contributed by atoms with Gasteiger partial charge in [-0.05, 0) is 26.0 Å². The average Bonchev–Trinajstić information content (AvgIpc) is 3.41. The number of nitrogens with zero attached hydrogens (tertiary/aromatic N) is 3.